The predicted octanol–water partition coefficient (Wildman–Crippen LogP) is 1.95. The van der Waals surface area contributed by atoms with Crippen molar-refractivity contribution < 1.29 is 29.1 Å². The molecule has 220 valence electrons. The molecular formula is C30H44N4O6. The van der Waals surface area contributed by atoms with Gasteiger partial charge in [0, 0.05) is 31.5 Å². The van der Waals surface area contributed by atoms with E-state index < -0.39 is 36.5 Å². The second-order valence-electron chi connectivity index (χ2n) is 12.5. The number of aliphatic hydroxyl groups excluding tert-OH is 1. The van der Waals surface area contributed by atoms with Crippen LogP contribution in [0.2, 0.25) is 0 Å². The van der Waals surface area contributed by atoms with Crippen molar-refractivity contribution in [1.82, 2.24) is 20.6 Å². The molecule has 0 spiro atoms. The van der Waals surface area contributed by atoms with Gasteiger partial charge in [-0.05, 0) is 57.4 Å². The van der Waals surface area contributed by atoms with Crippen molar-refractivity contribution in [3.63, 3.8) is 0 Å². The van der Waals surface area contributed by atoms with Gasteiger partial charge in [-0.25, -0.2) is 0 Å². The summed E-state index contributed by atoms with van der Waals surface area (Å²) in [6.07, 6.45) is 4.94. The number of β-amino-alcohol motifs (C(OH)–C–C–N with tert-alkyl or cyclic N) is 1. The zero-order valence-electron chi connectivity index (χ0n) is 23.9. The van der Waals surface area contributed by atoms with Gasteiger partial charge in [-0.2, -0.15) is 5.06 Å². The SMILES string of the molecule is CC(C)(C)NC(=O)[C@@H]1CC2CCCCC2CN1C[C@@H](O)[C@H](Cc1ccccc1)NC(=O)CON1C(=O)CCC1=O. The van der Waals surface area contributed by atoms with Crippen LogP contribution in [0.3, 0.4) is 0 Å². The van der Waals surface area contributed by atoms with Crippen molar-refractivity contribution in [2.75, 3.05) is 19.7 Å². The van der Waals surface area contributed by atoms with Gasteiger partial charge in [0.05, 0.1) is 18.2 Å². The van der Waals surface area contributed by atoms with Crippen LogP contribution in [0.5, 0.6) is 0 Å². The normalized spacial score (nSPS) is 25.3. The molecule has 0 aromatic heterocycles. The minimum atomic E-state index is -0.968. The molecule has 0 radical (unpaired) electrons. The molecule has 2 aliphatic heterocycles. The Balaban J connectivity index is 1.46. The van der Waals surface area contributed by atoms with Crippen molar-refractivity contribution in [1.29, 1.82) is 0 Å². The lowest BCUT2D eigenvalue weighted by Gasteiger charge is -2.47. The van der Waals surface area contributed by atoms with E-state index in [9.17, 15) is 24.3 Å². The van der Waals surface area contributed by atoms with E-state index in [0.29, 0.717) is 23.3 Å². The smallest absolute Gasteiger partial charge is 0.254 e. The molecule has 2 heterocycles. The average Bonchev–Trinajstić information content (AvgIpc) is 3.22. The fraction of sp³-hybridized carbons (Fsp3) is 0.667. The van der Waals surface area contributed by atoms with Crippen LogP contribution in [-0.2, 0) is 30.4 Å². The lowest BCUT2D eigenvalue weighted by atomic mass is 9.72. The largest absolute Gasteiger partial charge is 0.390 e. The molecule has 4 rings (SSSR count). The van der Waals surface area contributed by atoms with Gasteiger partial charge in [0.15, 0.2) is 6.61 Å². The van der Waals surface area contributed by atoms with Gasteiger partial charge in [-0.15, -0.1) is 0 Å². The predicted molar refractivity (Wildman–Crippen MR) is 148 cm³/mol. The van der Waals surface area contributed by atoms with Crippen molar-refractivity contribution >= 4 is 23.6 Å². The third kappa shape index (κ3) is 8.11. The van der Waals surface area contributed by atoms with E-state index >= 15 is 0 Å². The number of piperidine rings is 1. The Bertz CT molecular complexity index is 1040. The maximum absolute atomic E-state index is 13.4. The molecule has 2 unspecified atom stereocenters. The second kappa shape index (κ2) is 13.2. The Morgan fingerprint density at radius 2 is 1.70 bits per heavy atom. The maximum Gasteiger partial charge on any atom is 0.254 e. The number of hydrogen-bond acceptors (Lipinski definition) is 7. The van der Waals surface area contributed by atoms with Gasteiger partial charge < -0.3 is 15.7 Å². The van der Waals surface area contributed by atoms with Crippen LogP contribution >= 0.6 is 0 Å². The quantitative estimate of drug-likeness (QED) is 0.376. The molecule has 0 bridgehead atoms. The molecule has 40 heavy (non-hydrogen) atoms. The number of likely N-dealkylation sites (tertiary alicyclic amines) is 1. The molecule has 3 aliphatic rings. The Morgan fingerprint density at radius 1 is 1.05 bits per heavy atom. The van der Waals surface area contributed by atoms with Gasteiger partial charge in [0.25, 0.3) is 11.8 Å². The molecule has 4 amide bonds. The molecule has 1 aromatic carbocycles. The van der Waals surface area contributed by atoms with E-state index in [-0.39, 0.29) is 36.9 Å². The van der Waals surface area contributed by atoms with Crippen LogP contribution < -0.4 is 10.6 Å². The summed E-state index contributed by atoms with van der Waals surface area (Å²) < 4.78 is 0. The van der Waals surface area contributed by atoms with Gasteiger partial charge in [-0.1, -0.05) is 49.6 Å². The molecular weight excluding hydrogens is 512 g/mol. The molecule has 1 saturated carbocycles. The minimum absolute atomic E-state index is 0.0271. The van der Waals surface area contributed by atoms with Crippen LogP contribution in [0.25, 0.3) is 0 Å². The van der Waals surface area contributed by atoms with Crippen molar-refractivity contribution in [2.24, 2.45) is 11.8 Å². The summed E-state index contributed by atoms with van der Waals surface area (Å²) in [4.78, 5) is 57.2. The lowest BCUT2D eigenvalue weighted by Crippen LogP contribution is -2.60. The van der Waals surface area contributed by atoms with Crippen LogP contribution in [0.1, 0.15) is 71.3 Å². The van der Waals surface area contributed by atoms with E-state index in [1.54, 1.807) is 0 Å². The minimum Gasteiger partial charge on any atom is -0.390 e. The molecule has 5 atom stereocenters. The van der Waals surface area contributed by atoms with Gasteiger partial charge in [-0.3, -0.25) is 28.9 Å². The highest BCUT2D eigenvalue weighted by atomic mass is 16.7. The van der Waals surface area contributed by atoms with Crippen molar-refractivity contribution in [3.8, 4) is 0 Å². The molecule has 10 nitrogen and oxygen atoms in total. The number of carbonyl (C=O) groups excluding carboxylic acids is 4. The first-order valence-corrected chi connectivity index (χ1v) is 14.6. The molecule has 1 aliphatic carbocycles. The standard InChI is InChI=1S/C30H44N4O6/c1-30(2,3)32-29(39)24-16-21-11-7-8-12-22(21)17-33(24)18-25(35)23(15-20-9-5-4-6-10-20)31-26(36)19-40-34-27(37)13-14-28(34)38/h4-6,9-10,21-25,35H,7-8,11-19H2,1-3H3,(H,31,36)(H,32,39)/t21?,22?,23-,24-,25+/m0/s1. The summed E-state index contributed by atoms with van der Waals surface area (Å²) in [6.45, 7) is 6.35. The number of carbonyl (C=O) groups is 4. The van der Waals surface area contributed by atoms with Crippen molar-refractivity contribution in [3.05, 3.63) is 35.9 Å². The Hall–Kier alpha value is -2.82. The third-order valence-corrected chi connectivity index (χ3v) is 8.16. The van der Waals surface area contributed by atoms with Crippen LogP contribution in [0.4, 0.5) is 0 Å². The number of benzene rings is 1. The number of hydroxylamine groups is 2. The zero-order valence-corrected chi connectivity index (χ0v) is 23.9. The highest BCUT2D eigenvalue weighted by molar-refractivity contribution is 6.00. The Kier molecular flexibility index (Phi) is 9.97. The highest BCUT2D eigenvalue weighted by Crippen LogP contribution is 2.39. The number of imide groups is 1. The highest BCUT2D eigenvalue weighted by Gasteiger charge is 2.42. The number of fused-ring (bicyclic) bond motifs is 1. The summed E-state index contributed by atoms with van der Waals surface area (Å²) in [5.41, 5.74) is 0.567. The fourth-order valence-electron chi connectivity index (χ4n) is 6.22. The topological polar surface area (TPSA) is 128 Å². The Labute approximate surface area is 236 Å². The lowest BCUT2D eigenvalue weighted by molar-refractivity contribution is -0.188. The maximum atomic E-state index is 13.4. The fourth-order valence-corrected chi connectivity index (χ4v) is 6.22. The first kappa shape index (κ1) is 30.1. The van der Waals surface area contributed by atoms with E-state index in [1.165, 1.54) is 12.8 Å². The zero-order chi connectivity index (χ0) is 28.9. The van der Waals surface area contributed by atoms with E-state index in [4.69, 9.17) is 4.84 Å². The van der Waals surface area contributed by atoms with Crippen LogP contribution in [-0.4, -0.2) is 82.1 Å². The number of nitrogens with zero attached hydrogens (tertiary/aromatic N) is 2. The number of rotatable bonds is 10. The summed E-state index contributed by atoms with van der Waals surface area (Å²) in [7, 11) is 0. The summed E-state index contributed by atoms with van der Waals surface area (Å²) in [5.74, 6) is -0.508. The number of amides is 4. The monoisotopic (exact) mass is 556 g/mol. The van der Waals surface area contributed by atoms with Gasteiger partial charge in [0.2, 0.25) is 11.8 Å². The third-order valence-electron chi connectivity index (χ3n) is 8.16. The van der Waals surface area contributed by atoms with Crippen LogP contribution in [0, 0.1) is 11.8 Å². The number of nitrogens with one attached hydrogen (secondary N) is 2. The summed E-state index contributed by atoms with van der Waals surface area (Å²) >= 11 is 0. The molecule has 3 N–H and O–H groups in total. The van der Waals surface area contributed by atoms with E-state index in [1.807, 2.05) is 51.1 Å². The van der Waals surface area contributed by atoms with Crippen LogP contribution in [0.15, 0.2) is 30.3 Å². The van der Waals surface area contributed by atoms with Gasteiger partial charge in [0.1, 0.15) is 0 Å². The summed E-state index contributed by atoms with van der Waals surface area (Å²) in [6, 6.07) is 8.53. The molecule has 3 fully saturated rings. The van der Waals surface area contributed by atoms with Crippen molar-refractivity contribution in [2.45, 2.75) is 95.9 Å². The second-order valence-corrected chi connectivity index (χ2v) is 12.5. The first-order chi connectivity index (χ1) is 19.0. The molecule has 10 heteroatoms. The van der Waals surface area contributed by atoms with Gasteiger partial charge >= 0.3 is 0 Å². The van der Waals surface area contributed by atoms with E-state index in [2.05, 4.69) is 15.5 Å². The molecule has 2 saturated heterocycles. The average molecular weight is 557 g/mol. The number of hydrogen-bond donors (Lipinski definition) is 3. The summed E-state index contributed by atoms with van der Waals surface area (Å²) in [5, 5.41) is 18.2. The van der Waals surface area contributed by atoms with E-state index in [0.717, 1.165) is 31.4 Å². The first-order valence-electron chi connectivity index (χ1n) is 14.6. The Morgan fingerprint density at radius 3 is 2.35 bits per heavy atom. The molecule has 1 aromatic rings. The number of aliphatic hydroxyl groups is 1.